The summed E-state index contributed by atoms with van der Waals surface area (Å²) in [6.45, 7) is 0. The molecule has 0 saturated carbocycles. The maximum absolute atomic E-state index is 12.4. The minimum Gasteiger partial charge on any atom is -0.493 e. The van der Waals surface area contributed by atoms with Gasteiger partial charge in [-0.2, -0.15) is 8.42 Å². The Morgan fingerprint density at radius 2 is 1.78 bits per heavy atom. The Bertz CT molecular complexity index is 1050. The van der Waals surface area contributed by atoms with Crippen LogP contribution >= 0.6 is 23.4 Å². The fourth-order valence-electron chi connectivity index (χ4n) is 2.18. The van der Waals surface area contributed by atoms with Gasteiger partial charge in [0.1, 0.15) is 4.90 Å². The molecule has 10 heteroatoms. The number of carbonyl (C=O) groups excluding carboxylic acids is 2. The third kappa shape index (κ3) is 4.44. The molecular formula is C17H12ClNO6S2. The first-order valence-corrected chi connectivity index (χ1v) is 10.0. The summed E-state index contributed by atoms with van der Waals surface area (Å²) < 4.78 is 35.1. The molecule has 2 aromatic carbocycles. The van der Waals surface area contributed by atoms with E-state index in [-0.39, 0.29) is 21.3 Å². The fraction of sp³-hybridized carbons (Fsp3) is 0.0588. The van der Waals surface area contributed by atoms with Gasteiger partial charge in [0.2, 0.25) is 0 Å². The lowest BCUT2D eigenvalue weighted by Crippen LogP contribution is -2.17. The lowest BCUT2D eigenvalue weighted by atomic mass is 10.2. The second kappa shape index (κ2) is 7.63. The molecule has 2 aromatic rings. The van der Waals surface area contributed by atoms with E-state index in [1.807, 2.05) is 0 Å². The third-order valence-electron chi connectivity index (χ3n) is 3.43. The Morgan fingerprint density at radius 3 is 2.37 bits per heavy atom. The van der Waals surface area contributed by atoms with Gasteiger partial charge in [0.25, 0.3) is 11.1 Å². The topological polar surface area (TPSA) is 98.8 Å². The number of thioether (sulfide) groups is 1. The van der Waals surface area contributed by atoms with Crippen LogP contribution in [0.15, 0.2) is 52.3 Å². The van der Waals surface area contributed by atoms with Crippen LogP contribution in [-0.2, 0) is 14.9 Å². The van der Waals surface area contributed by atoms with Crippen LogP contribution in [0.2, 0.25) is 5.02 Å². The first-order chi connectivity index (χ1) is 12.8. The molecule has 0 spiro atoms. The summed E-state index contributed by atoms with van der Waals surface area (Å²) in [6, 6.07) is 9.98. The summed E-state index contributed by atoms with van der Waals surface area (Å²) in [7, 11) is -2.73. The maximum atomic E-state index is 12.4. The van der Waals surface area contributed by atoms with Crippen LogP contribution in [0.25, 0.3) is 6.08 Å². The van der Waals surface area contributed by atoms with Gasteiger partial charge in [0.15, 0.2) is 11.5 Å². The number of imide groups is 1. The summed E-state index contributed by atoms with van der Waals surface area (Å²) in [5.41, 5.74) is 0.537. The van der Waals surface area contributed by atoms with Gasteiger partial charge in [-0.05, 0) is 59.8 Å². The number of hydrogen-bond acceptors (Lipinski definition) is 7. The van der Waals surface area contributed by atoms with Gasteiger partial charge < -0.3 is 8.92 Å². The number of nitrogens with one attached hydrogen (secondary N) is 1. The van der Waals surface area contributed by atoms with Gasteiger partial charge in [-0.3, -0.25) is 14.9 Å². The van der Waals surface area contributed by atoms with E-state index < -0.39 is 21.3 Å². The zero-order valence-corrected chi connectivity index (χ0v) is 16.2. The van der Waals surface area contributed by atoms with E-state index in [2.05, 4.69) is 5.32 Å². The van der Waals surface area contributed by atoms with E-state index in [9.17, 15) is 18.0 Å². The maximum Gasteiger partial charge on any atom is 0.339 e. The highest BCUT2D eigenvalue weighted by Crippen LogP contribution is 2.33. The van der Waals surface area contributed by atoms with Crippen molar-refractivity contribution < 1.29 is 26.9 Å². The molecule has 0 unspecified atom stereocenters. The number of rotatable bonds is 5. The zero-order valence-electron chi connectivity index (χ0n) is 13.8. The molecule has 3 rings (SSSR count). The first-order valence-electron chi connectivity index (χ1n) is 7.41. The predicted molar refractivity (Wildman–Crippen MR) is 101 cm³/mol. The molecule has 2 amide bonds. The van der Waals surface area contributed by atoms with E-state index in [0.29, 0.717) is 10.6 Å². The van der Waals surface area contributed by atoms with Crippen molar-refractivity contribution >= 4 is 50.7 Å². The average Bonchev–Trinajstić information content (AvgIpc) is 2.93. The summed E-state index contributed by atoms with van der Waals surface area (Å²) in [6.07, 6.45) is 1.49. The molecule has 1 aliphatic heterocycles. The van der Waals surface area contributed by atoms with Crippen LogP contribution in [0.3, 0.4) is 0 Å². The molecule has 0 atom stereocenters. The highest BCUT2D eigenvalue weighted by molar-refractivity contribution is 8.18. The number of halogens is 1. The third-order valence-corrected chi connectivity index (χ3v) is 5.74. The molecule has 1 aliphatic rings. The SMILES string of the molecule is COc1cc(/C=C2\SC(=O)NC2=O)ccc1OS(=O)(=O)c1ccc(Cl)cc1. The summed E-state index contributed by atoms with van der Waals surface area (Å²) in [5, 5.41) is 2.10. The van der Waals surface area contributed by atoms with Crippen LogP contribution in [-0.4, -0.2) is 26.7 Å². The molecule has 0 aromatic heterocycles. The Morgan fingerprint density at radius 1 is 1.07 bits per heavy atom. The summed E-state index contributed by atoms with van der Waals surface area (Å²) in [5.74, 6) is -0.361. The van der Waals surface area contributed by atoms with Crippen molar-refractivity contribution in [2.75, 3.05) is 7.11 Å². The number of hydrogen-bond donors (Lipinski definition) is 1. The minimum absolute atomic E-state index is 0.0193. The Kier molecular flexibility index (Phi) is 5.45. The van der Waals surface area contributed by atoms with Crippen molar-refractivity contribution in [2.24, 2.45) is 0 Å². The highest BCUT2D eigenvalue weighted by Gasteiger charge is 2.25. The lowest BCUT2D eigenvalue weighted by molar-refractivity contribution is -0.115. The standard InChI is InChI=1S/C17H12ClNO6S2/c1-24-14-8-10(9-15-16(20)19-17(21)26-15)2-7-13(14)25-27(22,23)12-5-3-11(18)4-6-12/h2-9H,1H3,(H,19,20,21)/b15-9-. The number of carbonyl (C=O) groups is 2. The Labute approximate surface area is 164 Å². The molecule has 1 fully saturated rings. The number of methoxy groups -OCH3 is 1. The van der Waals surface area contributed by atoms with Crippen LogP contribution in [0, 0.1) is 0 Å². The summed E-state index contributed by atoms with van der Waals surface area (Å²) >= 11 is 6.54. The second-order valence-corrected chi connectivity index (χ2v) is 8.25. The van der Waals surface area contributed by atoms with Crippen molar-refractivity contribution in [3.8, 4) is 11.5 Å². The van der Waals surface area contributed by atoms with Gasteiger partial charge in [0.05, 0.1) is 12.0 Å². The molecule has 1 heterocycles. The van der Waals surface area contributed by atoms with E-state index in [1.54, 1.807) is 6.07 Å². The monoisotopic (exact) mass is 425 g/mol. The second-order valence-electron chi connectivity index (χ2n) is 5.25. The van der Waals surface area contributed by atoms with E-state index >= 15 is 0 Å². The molecule has 140 valence electrons. The van der Waals surface area contributed by atoms with Crippen molar-refractivity contribution in [1.29, 1.82) is 0 Å². The van der Waals surface area contributed by atoms with E-state index in [1.165, 1.54) is 49.6 Å². The Balaban J connectivity index is 1.89. The van der Waals surface area contributed by atoms with Gasteiger partial charge >= 0.3 is 10.1 Å². The highest BCUT2D eigenvalue weighted by atomic mass is 35.5. The quantitative estimate of drug-likeness (QED) is 0.578. The molecule has 0 aliphatic carbocycles. The van der Waals surface area contributed by atoms with Gasteiger partial charge in [0, 0.05) is 5.02 Å². The van der Waals surface area contributed by atoms with Crippen molar-refractivity contribution in [2.45, 2.75) is 4.90 Å². The van der Waals surface area contributed by atoms with E-state index in [4.69, 9.17) is 20.5 Å². The van der Waals surface area contributed by atoms with Gasteiger partial charge in [-0.15, -0.1) is 0 Å². The lowest BCUT2D eigenvalue weighted by Gasteiger charge is -2.11. The fourth-order valence-corrected chi connectivity index (χ4v) is 3.93. The van der Waals surface area contributed by atoms with Crippen molar-refractivity contribution in [3.63, 3.8) is 0 Å². The zero-order chi connectivity index (χ0) is 19.6. The van der Waals surface area contributed by atoms with Gasteiger partial charge in [-0.25, -0.2) is 0 Å². The van der Waals surface area contributed by atoms with Crippen molar-refractivity contribution in [1.82, 2.24) is 5.32 Å². The van der Waals surface area contributed by atoms with E-state index in [0.717, 1.165) is 11.8 Å². The van der Waals surface area contributed by atoms with Crippen molar-refractivity contribution in [3.05, 3.63) is 58.0 Å². The molecule has 1 saturated heterocycles. The molecule has 1 N–H and O–H groups in total. The van der Waals surface area contributed by atoms with Crippen LogP contribution in [0.5, 0.6) is 11.5 Å². The predicted octanol–water partition coefficient (Wildman–Crippen LogP) is 3.44. The average molecular weight is 426 g/mol. The van der Waals surface area contributed by atoms with Crippen LogP contribution < -0.4 is 14.2 Å². The summed E-state index contributed by atoms with van der Waals surface area (Å²) in [4.78, 5) is 23.0. The van der Waals surface area contributed by atoms with Gasteiger partial charge in [-0.1, -0.05) is 17.7 Å². The van der Waals surface area contributed by atoms with Crippen LogP contribution in [0.1, 0.15) is 5.56 Å². The molecule has 7 nitrogen and oxygen atoms in total. The smallest absolute Gasteiger partial charge is 0.339 e. The molecular weight excluding hydrogens is 414 g/mol. The molecule has 0 bridgehead atoms. The number of amides is 2. The molecule has 27 heavy (non-hydrogen) atoms. The molecule has 0 radical (unpaired) electrons. The van der Waals surface area contributed by atoms with Crippen LogP contribution in [0.4, 0.5) is 4.79 Å². The minimum atomic E-state index is -4.08. The largest absolute Gasteiger partial charge is 0.493 e. The number of ether oxygens (including phenoxy) is 1. The first kappa shape index (κ1) is 19.3. The normalized spacial score (nSPS) is 15.7. The number of benzene rings is 2. The Hall–Kier alpha value is -2.49.